The maximum absolute atomic E-state index is 13.0. The van der Waals surface area contributed by atoms with E-state index in [1.165, 1.54) is 13.2 Å². The molecule has 1 heterocycles. The Hall–Kier alpha value is -1.99. The number of halogens is 4. The van der Waals surface area contributed by atoms with Crippen LogP contribution in [0.5, 0.6) is 5.75 Å². The van der Waals surface area contributed by atoms with E-state index in [1.807, 2.05) is 0 Å². The van der Waals surface area contributed by atoms with E-state index < -0.39 is 17.8 Å². The van der Waals surface area contributed by atoms with Crippen molar-refractivity contribution in [2.75, 3.05) is 12.0 Å². The van der Waals surface area contributed by atoms with Crippen molar-refractivity contribution in [1.29, 1.82) is 0 Å². The summed E-state index contributed by atoms with van der Waals surface area (Å²) in [6.07, 6.45) is 0.0887. The predicted molar refractivity (Wildman–Crippen MR) is 107 cm³/mol. The number of methoxy groups -OCH3 is 1. The lowest BCUT2D eigenvalue weighted by Crippen LogP contribution is -2.30. The molecular weight excluding hydrogens is 452 g/mol. The molecule has 1 aliphatic heterocycles. The standard InChI is InChI=1S/C18H11Cl4NO5/c1-28-9-4-2-7(3-5-10(24)25)6-8(9)23-17(26)11-12(18(23)27)14(20)16(22)15(21)13(11)19/h2,4,6H,3,5H2,1H3,(H,24,25). The van der Waals surface area contributed by atoms with Gasteiger partial charge in [-0.3, -0.25) is 14.4 Å². The first-order valence-corrected chi connectivity index (χ1v) is 9.33. The van der Waals surface area contributed by atoms with Crippen molar-refractivity contribution in [3.63, 3.8) is 0 Å². The van der Waals surface area contributed by atoms with Crippen LogP contribution in [0, 0.1) is 0 Å². The van der Waals surface area contributed by atoms with Gasteiger partial charge in [0.25, 0.3) is 11.8 Å². The van der Waals surface area contributed by atoms with E-state index in [-0.39, 0.29) is 55.5 Å². The van der Waals surface area contributed by atoms with Gasteiger partial charge in [-0.25, -0.2) is 4.90 Å². The molecule has 0 fully saturated rings. The van der Waals surface area contributed by atoms with Gasteiger partial charge in [0.05, 0.1) is 44.0 Å². The van der Waals surface area contributed by atoms with Crippen molar-refractivity contribution >= 4 is 69.9 Å². The molecule has 0 spiro atoms. The highest BCUT2D eigenvalue weighted by molar-refractivity contribution is 6.56. The maximum Gasteiger partial charge on any atom is 0.303 e. The van der Waals surface area contributed by atoms with Crippen molar-refractivity contribution in [3.05, 3.63) is 55.0 Å². The Labute approximate surface area is 179 Å². The second kappa shape index (κ2) is 7.79. The smallest absolute Gasteiger partial charge is 0.303 e. The fourth-order valence-electron chi connectivity index (χ4n) is 2.89. The number of aliphatic carboxylic acids is 1. The fourth-order valence-corrected chi connectivity index (χ4v) is 3.90. The first-order valence-electron chi connectivity index (χ1n) is 7.82. The molecule has 1 N–H and O–H groups in total. The zero-order valence-corrected chi connectivity index (χ0v) is 17.2. The van der Waals surface area contributed by atoms with Crippen molar-refractivity contribution in [3.8, 4) is 5.75 Å². The van der Waals surface area contributed by atoms with Crippen LogP contribution in [0.3, 0.4) is 0 Å². The SMILES string of the molecule is COc1ccc(CCC(=O)O)cc1N1C(=O)c2c(Cl)c(Cl)c(Cl)c(Cl)c2C1=O. The third-order valence-electron chi connectivity index (χ3n) is 4.21. The summed E-state index contributed by atoms with van der Waals surface area (Å²) in [6, 6.07) is 4.70. The van der Waals surface area contributed by atoms with Crippen molar-refractivity contribution in [2.45, 2.75) is 12.8 Å². The Balaban J connectivity index is 2.15. The molecule has 146 valence electrons. The summed E-state index contributed by atoms with van der Waals surface area (Å²) in [4.78, 5) is 37.7. The summed E-state index contributed by atoms with van der Waals surface area (Å²) in [5.41, 5.74) is 0.437. The Morgan fingerprint density at radius 3 is 2.00 bits per heavy atom. The monoisotopic (exact) mass is 461 g/mol. The molecule has 10 heteroatoms. The number of amides is 2. The van der Waals surface area contributed by atoms with Gasteiger partial charge in [0.2, 0.25) is 0 Å². The van der Waals surface area contributed by atoms with Crippen LogP contribution >= 0.6 is 46.4 Å². The van der Waals surface area contributed by atoms with Crippen molar-refractivity contribution in [1.82, 2.24) is 0 Å². The molecule has 2 amide bonds. The quantitative estimate of drug-likeness (QED) is 0.378. The Bertz CT molecular complexity index is 990. The lowest BCUT2D eigenvalue weighted by Gasteiger charge is -2.18. The molecule has 0 aromatic heterocycles. The molecule has 1 aliphatic rings. The molecule has 2 aromatic carbocycles. The van der Waals surface area contributed by atoms with E-state index in [0.717, 1.165) is 4.90 Å². The van der Waals surface area contributed by atoms with Crippen molar-refractivity contribution in [2.24, 2.45) is 0 Å². The summed E-state index contributed by atoms with van der Waals surface area (Å²) in [6.45, 7) is 0. The second-order valence-corrected chi connectivity index (χ2v) is 7.36. The fraction of sp³-hybridized carbons (Fsp3) is 0.167. The molecule has 0 unspecified atom stereocenters. The molecular formula is C18H11Cl4NO5. The first kappa shape index (κ1) is 20.7. The Morgan fingerprint density at radius 1 is 1.00 bits per heavy atom. The van der Waals surface area contributed by atoms with E-state index in [9.17, 15) is 14.4 Å². The van der Waals surface area contributed by atoms with Gasteiger partial charge in [-0.2, -0.15) is 0 Å². The van der Waals surface area contributed by atoms with E-state index in [0.29, 0.717) is 5.56 Å². The minimum atomic E-state index is -0.971. The predicted octanol–water partition coefficient (Wildman–Crippen LogP) is 5.13. The number of fused-ring (bicyclic) bond motifs is 1. The summed E-state index contributed by atoms with van der Waals surface area (Å²) >= 11 is 24.3. The van der Waals surface area contributed by atoms with Crippen LogP contribution in [0.2, 0.25) is 20.1 Å². The van der Waals surface area contributed by atoms with Gasteiger partial charge < -0.3 is 9.84 Å². The van der Waals surface area contributed by atoms with Crippen LogP contribution in [-0.2, 0) is 11.2 Å². The zero-order chi connectivity index (χ0) is 20.7. The number of carboxylic acid groups (broad SMARTS) is 1. The Kier molecular flexibility index (Phi) is 5.77. The number of hydrogen-bond donors (Lipinski definition) is 1. The number of carboxylic acids is 1. The number of ether oxygens (including phenoxy) is 1. The molecule has 0 saturated carbocycles. The van der Waals surface area contributed by atoms with Gasteiger partial charge in [-0.15, -0.1) is 0 Å². The van der Waals surface area contributed by atoms with E-state index in [2.05, 4.69) is 0 Å². The van der Waals surface area contributed by atoms with Crippen LogP contribution in [0.15, 0.2) is 18.2 Å². The Morgan fingerprint density at radius 2 is 1.54 bits per heavy atom. The number of carbonyl (C=O) groups excluding carboxylic acids is 2. The maximum atomic E-state index is 13.0. The summed E-state index contributed by atoms with van der Waals surface area (Å²) in [7, 11) is 1.38. The van der Waals surface area contributed by atoms with Crippen LogP contribution in [0.4, 0.5) is 5.69 Å². The molecule has 0 saturated heterocycles. The second-order valence-electron chi connectivity index (χ2n) is 5.85. The number of nitrogens with zero attached hydrogens (tertiary/aromatic N) is 1. The van der Waals surface area contributed by atoms with E-state index >= 15 is 0 Å². The lowest BCUT2D eigenvalue weighted by molar-refractivity contribution is -0.136. The number of rotatable bonds is 5. The number of aryl methyl sites for hydroxylation is 1. The van der Waals surface area contributed by atoms with E-state index in [4.69, 9.17) is 56.2 Å². The molecule has 0 aliphatic carbocycles. The molecule has 28 heavy (non-hydrogen) atoms. The number of hydrogen-bond acceptors (Lipinski definition) is 4. The molecule has 2 aromatic rings. The van der Waals surface area contributed by atoms with Crippen LogP contribution in [-0.4, -0.2) is 30.0 Å². The topological polar surface area (TPSA) is 83.9 Å². The summed E-state index contributed by atoms with van der Waals surface area (Å²) in [5, 5.41) is 8.27. The summed E-state index contributed by atoms with van der Waals surface area (Å²) in [5.74, 6) is -2.21. The van der Waals surface area contributed by atoms with Gasteiger partial charge in [-0.05, 0) is 24.1 Å². The molecule has 6 nitrogen and oxygen atoms in total. The lowest BCUT2D eigenvalue weighted by atomic mass is 10.1. The third kappa shape index (κ3) is 3.31. The van der Waals surface area contributed by atoms with Crippen LogP contribution < -0.4 is 9.64 Å². The highest BCUT2D eigenvalue weighted by Crippen LogP contribution is 2.46. The first-order chi connectivity index (χ1) is 13.2. The zero-order valence-electron chi connectivity index (χ0n) is 14.2. The van der Waals surface area contributed by atoms with Gasteiger partial charge in [-0.1, -0.05) is 52.5 Å². The number of benzene rings is 2. The van der Waals surface area contributed by atoms with Crippen LogP contribution in [0.1, 0.15) is 32.7 Å². The van der Waals surface area contributed by atoms with Crippen molar-refractivity contribution < 1.29 is 24.2 Å². The average molecular weight is 463 g/mol. The third-order valence-corrected chi connectivity index (χ3v) is 6.01. The molecule has 0 radical (unpaired) electrons. The number of anilines is 1. The van der Waals surface area contributed by atoms with Gasteiger partial charge in [0.15, 0.2) is 0 Å². The van der Waals surface area contributed by atoms with Crippen LogP contribution in [0.25, 0.3) is 0 Å². The minimum absolute atomic E-state index is 0.114. The molecule has 0 atom stereocenters. The number of carbonyl (C=O) groups is 3. The minimum Gasteiger partial charge on any atom is -0.495 e. The van der Waals surface area contributed by atoms with Gasteiger partial charge in [0, 0.05) is 6.42 Å². The largest absolute Gasteiger partial charge is 0.495 e. The van der Waals surface area contributed by atoms with Gasteiger partial charge >= 0.3 is 5.97 Å². The highest BCUT2D eigenvalue weighted by Gasteiger charge is 2.43. The van der Waals surface area contributed by atoms with E-state index in [1.54, 1.807) is 12.1 Å². The highest BCUT2D eigenvalue weighted by atomic mass is 35.5. The number of imide groups is 1. The van der Waals surface area contributed by atoms with Gasteiger partial charge in [0.1, 0.15) is 5.75 Å². The summed E-state index contributed by atoms with van der Waals surface area (Å²) < 4.78 is 5.26. The molecule has 0 bridgehead atoms. The molecule has 3 rings (SSSR count). The normalized spacial score (nSPS) is 13.1. The average Bonchev–Trinajstić information content (AvgIpc) is 2.93.